The van der Waals surface area contributed by atoms with Crippen LogP contribution in [0.25, 0.3) is 10.1 Å². The fourth-order valence-electron chi connectivity index (χ4n) is 5.02. The zero-order chi connectivity index (χ0) is 21.8. The Hall–Kier alpha value is -2.28. The summed E-state index contributed by atoms with van der Waals surface area (Å²) in [6.07, 6.45) is 9.69. The van der Waals surface area contributed by atoms with Crippen molar-refractivity contribution in [3.8, 4) is 0 Å². The molecule has 2 aromatic heterocycles. The third-order valence-electron chi connectivity index (χ3n) is 6.74. The van der Waals surface area contributed by atoms with E-state index in [9.17, 15) is 4.79 Å². The highest BCUT2D eigenvalue weighted by Crippen LogP contribution is 2.35. The monoisotopic (exact) mass is 449 g/mol. The van der Waals surface area contributed by atoms with Gasteiger partial charge in [-0.25, -0.2) is 0 Å². The normalized spacial score (nSPS) is 20.4. The predicted octanol–water partition coefficient (Wildman–Crippen LogP) is 4.76. The number of pyridine rings is 1. The van der Waals surface area contributed by atoms with Crippen LogP contribution in [0, 0.1) is 0 Å². The van der Waals surface area contributed by atoms with Crippen LogP contribution in [-0.4, -0.2) is 59.6 Å². The van der Waals surface area contributed by atoms with Crippen molar-refractivity contribution in [1.82, 2.24) is 14.8 Å². The summed E-state index contributed by atoms with van der Waals surface area (Å²) in [5.41, 5.74) is 2.50. The Labute approximate surface area is 194 Å². The van der Waals surface area contributed by atoms with Crippen molar-refractivity contribution in [2.75, 3.05) is 32.8 Å². The summed E-state index contributed by atoms with van der Waals surface area (Å²) in [7, 11) is 0. The molecule has 2 saturated heterocycles. The number of hydrogen-bond acceptors (Lipinski definition) is 5. The van der Waals surface area contributed by atoms with E-state index in [2.05, 4.69) is 40.2 Å². The number of amides is 1. The van der Waals surface area contributed by atoms with Crippen LogP contribution in [0.2, 0.25) is 0 Å². The van der Waals surface area contributed by atoms with Gasteiger partial charge in [-0.2, -0.15) is 0 Å². The Morgan fingerprint density at radius 2 is 1.94 bits per heavy atom. The van der Waals surface area contributed by atoms with E-state index in [1.807, 2.05) is 23.4 Å². The molecule has 4 heterocycles. The Morgan fingerprint density at radius 3 is 2.78 bits per heavy atom. The molecule has 0 bridgehead atoms. The highest BCUT2D eigenvalue weighted by atomic mass is 32.1. The van der Waals surface area contributed by atoms with E-state index < -0.39 is 0 Å². The number of morpholine rings is 1. The number of fused-ring (bicyclic) bond motifs is 1. The molecule has 0 N–H and O–H groups in total. The molecule has 2 aliphatic heterocycles. The van der Waals surface area contributed by atoms with Crippen molar-refractivity contribution < 1.29 is 9.53 Å². The molecular formula is C26H31N3O2S. The van der Waals surface area contributed by atoms with E-state index >= 15 is 0 Å². The van der Waals surface area contributed by atoms with Crippen molar-refractivity contribution in [3.63, 3.8) is 0 Å². The second-order valence-electron chi connectivity index (χ2n) is 8.85. The molecule has 0 saturated carbocycles. The molecule has 0 aliphatic carbocycles. The van der Waals surface area contributed by atoms with Crippen LogP contribution < -0.4 is 0 Å². The van der Waals surface area contributed by atoms with Gasteiger partial charge in [-0.1, -0.05) is 37.1 Å². The van der Waals surface area contributed by atoms with Gasteiger partial charge in [0.2, 0.25) is 0 Å². The fraction of sp³-hybridized carbons (Fsp3) is 0.462. The van der Waals surface area contributed by atoms with Crippen molar-refractivity contribution >= 4 is 27.3 Å². The molecule has 6 heteroatoms. The summed E-state index contributed by atoms with van der Waals surface area (Å²) < 4.78 is 6.69. The van der Waals surface area contributed by atoms with Gasteiger partial charge in [0.15, 0.2) is 0 Å². The first-order chi connectivity index (χ1) is 15.8. The molecule has 1 amide bonds. The average Bonchev–Trinajstić information content (AvgIpc) is 3.06. The highest BCUT2D eigenvalue weighted by Gasteiger charge is 2.28. The van der Waals surface area contributed by atoms with Gasteiger partial charge in [-0.15, -0.1) is 11.3 Å². The zero-order valence-corrected chi connectivity index (χ0v) is 19.4. The molecule has 168 valence electrons. The van der Waals surface area contributed by atoms with Crippen molar-refractivity contribution in [2.24, 2.45) is 0 Å². The second kappa shape index (κ2) is 10.1. The number of nitrogens with zero attached hydrogens (tertiary/aromatic N) is 3. The first-order valence-electron chi connectivity index (χ1n) is 11.8. The van der Waals surface area contributed by atoms with Crippen LogP contribution in [-0.2, 0) is 17.7 Å². The molecule has 0 radical (unpaired) electrons. The number of ether oxygens (including phenoxy) is 1. The van der Waals surface area contributed by atoms with Gasteiger partial charge in [0.05, 0.1) is 18.1 Å². The first kappa shape index (κ1) is 21.6. The highest BCUT2D eigenvalue weighted by molar-refractivity contribution is 7.21. The molecule has 0 unspecified atom stereocenters. The Morgan fingerprint density at radius 1 is 1.06 bits per heavy atom. The van der Waals surface area contributed by atoms with Crippen LogP contribution in [0.1, 0.15) is 46.5 Å². The number of rotatable bonds is 5. The Balaban J connectivity index is 1.46. The standard InChI is InChI=1S/C26H31N3O2S/c30-26(28-13-15-31-16-14-28)25-23(22-9-3-4-10-24(22)32-25)17-21-8-2-1-5-12-29(21)19-20-7-6-11-27-18-20/h3-4,6-7,9-11,18,21H,1-2,5,8,12-17,19H2/t21-/m1/s1. The van der Waals surface area contributed by atoms with E-state index in [0.29, 0.717) is 32.3 Å². The quantitative estimate of drug-likeness (QED) is 0.564. The molecule has 32 heavy (non-hydrogen) atoms. The smallest absolute Gasteiger partial charge is 0.264 e. The summed E-state index contributed by atoms with van der Waals surface area (Å²) in [6.45, 7) is 4.66. The maximum atomic E-state index is 13.5. The van der Waals surface area contributed by atoms with Crippen molar-refractivity contribution in [3.05, 3.63) is 64.8 Å². The number of hydrogen-bond donors (Lipinski definition) is 0. The number of likely N-dealkylation sites (tertiary alicyclic amines) is 1. The molecule has 2 fully saturated rings. The van der Waals surface area contributed by atoms with Gasteiger partial charge >= 0.3 is 0 Å². The van der Waals surface area contributed by atoms with Crippen LogP contribution in [0.3, 0.4) is 0 Å². The topological polar surface area (TPSA) is 45.7 Å². The van der Waals surface area contributed by atoms with Gasteiger partial charge in [0.1, 0.15) is 0 Å². The van der Waals surface area contributed by atoms with E-state index in [1.165, 1.54) is 46.9 Å². The van der Waals surface area contributed by atoms with E-state index in [1.54, 1.807) is 11.3 Å². The molecular weight excluding hydrogens is 418 g/mol. The summed E-state index contributed by atoms with van der Waals surface area (Å²) >= 11 is 1.66. The molecule has 0 spiro atoms. The van der Waals surface area contributed by atoms with Crippen molar-refractivity contribution in [2.45, 2.75) is 44.7 Å². The van der Waals surface area contributed by atoms with E-state index in [-0.39, 0.29) is 5.91 Å². The number of carbonyl (C=O) groups excluding carboxylic acids is 1. The minimum absolute atomic E-state index is 0.178. The lowest BCUT2D eigenvalue weighted by molar-refractivity contribution is 0.0305. The van der Waals surface area contributed by atoms with Crippen LogP contribution in [0.4, 0.5) is 0 Å². The number of aromatic nitrogens is 1. The molecule has 3 aromatic rings. The maximum Gasteiger partial charge on any atom is 0.264 e. The molecule has 1 aromatic carbocycles. The first-order valence-corrected chi connectivity index (χ1v) is 12.6. The fourth-order valence-corrected chi connectivity index (χ4v) is 6.22. The summed E-state index contributed by atoms with van der Waals surface area (Å²) in [5.74, 6) is 0.178. The lowest BCUT2D eigenvalue weighted by Crippen LogP contribution is -2.41. The molecule has 2 aliphatic rings. The lowest BCUT2D eigenvalue weighted by atomic mass is 9.97. The van der Waals surface area contributed by atoms with Crippen LogP contribution in [0.15, 0.2) is 48.8 Å². The molecule has 1 atom stereocenters. The number of benzene rings is 1. The van der Waals surface area contributed by atoms with Gasteiger partial charge in [0.25, 0.3) is 5.91 Å². The average molecular weight is 450 g/mol. The predicted molar refractivity (Wildman–Crippen MR) is 129 cm³/mol. The van der Waals surface area contributed by atoms with Gasteiger partial charge in [-0.3, -0.25) is 14.7 Å². The minimum atomic E-state index is 0.178. The summed E-state index contributed by atoms with van der Waals surface area (Å²) in [5, 5.41) is 1.25. The van der Waals surface area contributed by atoms with E-state index in [4.69, 9.17) is 4.74 Å². The SMILES string of the molecule is O=C(c1sc2ccccc2c1C[C@H]1CCCCCN1Cc1cccnc1)N1CCOCC1. The van der Waals surface area contributed by atoms with Gasteiger partial charge < -0.3 is 9.64 Å². The third-order valence-corrected chi connectivity index (χ3v) is 7.94. The molecule has 5 rings (SSSR count). The minimum Gasteiger partial charge on any atom is -0.378 e. The maximum absolute atomic E-state index is 13.5. The largest absolute Gasteiger partial charge is 0.378 e. The van der Waals surface area contributed by atoms with E-state index in [0.717, 1.165) is 24.4 Å². The Kier molecular flexibility index (Phi) is 6.81. The lowest BCUT2D eigenvalue weighted by Gasteiger charge is -2.31. The van der Waals surface area contributed by atoms with Crippen LogP contribution in [0.5, 0.6) is 0 Å². The number of carbonyl (C=O) groups is 1. The van der Waals surface area contributed by atoms with Crippen molar-refractivity contribution in [1.29, 1.82) is 0 Å². The molecule has 5 nitrogen and oxygen atoms in total. The zero-order valence-electron chi connectivity index (χ0n) is 18.5. The van der Waals surface area contributed by atoms with Gasteiger partial charge in [0, 0.05) is 42.8 Å². The summed E-state index contributed by atoms with van der Waals surface area (Å²) in [4.78, 5) is 23.4. The third kappa shape index (κ3) is 4.72. The van der Waals surface area contributed by atoms with Gasteiger partial charge in [-0.05, 0) is 54.5 Å². The number of thiophene rings is 1. The summed E-state index contributed by atoms with van der Waals surface area (Å²) in [6, 6.07) is 13.1. The second-order valence-corrected chi connectivity index (χ2v) is 9.90. The van der Waals surface area contributed by atoms with Crippen LogP contribution >= 0.6 is 11.3 Å². The Bertz CT molecular complexity index is 1050.